The molecule has 0 fully saturated rings. The van der Waals surface area contributed by atoms with Crippen molar-refractivity contribution in [3.05, 3.63) is 72.2 Å². The van der Waals surface area contributed by atoms with Crippen LogP contribution in [0.4, 0.5) is 17.5 Å². The van der Waals surface area contributed by atoms with Crippen LogP contribution in [0.1, 0.15) is 16.1 Å². The van der Waals surface area contributed by atoms with E-state index in [1.54, 1.807) is 13.2 Å². The molecule has 0 aliphatic carbocycles. The Bertz CT molecular complexity index is 1450. The van der Waals surface area contributed by atoms with Crippen LogP contribution in [0.2, 0.25) is 0 Å². The number of nitrogens with two attached hydrogens (primary N) is 1. The number of nitrogens with one attached hydrogen (secondary N) is 4. The van der Waals surface area contributed by atoms with Crippen molar-refractivity contribution in [2.45, 2.75) is 6.42 Å². The van der Waals surface area contributed by atoms with Crippen LogP contribution in [0.3, 0.4) is 0 Å². The molecule has 166 valence electrons. The molecule has 2 aromatic carbocycles. The van der Waals surface area contributed by atoms with Gasteiger partial charge in [-0.1, -0.05) is 6.07 Å². The molecule has 33 heavy (non-hydrogen) atoms. The van der Waals surface area contributed by atoms with Crippen molar-refractivity contribution < 1.29 is 9.53 Å². The van der Waals surface area contributed by atoms with Crippen molar-refractivity contribution in [2.24, 2.45) is 5.73 Å². The lowest BCUT2D eigenvalue weighted by atomic mass is 10.1. The van der Waals surface area contributed by atoms with Gasteiger partial charge >= 0.3 is 0 Å². The van der Waals surface area contributed by atoms with Gasteiger partial charge in [-0.2, -0.15) is 4.98 Å². The van der Waals surface area contributed by atoms with E-state index in [1.807, 2.05) is 54.9 Å². The molecule has 0 aliphatic rings. The van der Waals surface area contributed by atoms with E-state index in [0.717, 1.165) is 45.2 Å². The van der Waals surface area contributed by atoms with Gasteiger partial charge < -0.3 is 31.1 Å². The van der Waals surface area contributed by atoms with E-state index in [9.17, 15) is 4.79 Å². The predicted molar refractivity (Wildman–Crippen MR) is 129 cm³/mol. The number of amides is 1. The zero-order chi connectivity index (χ0) is 22.8. The van der Waals surface area contributed by atoms with E-state index >= 15 is 0 Å². The summed E-state index contributed by atoms with van der Waals surface area (Å²) in [5, 5.41) is 8.64. The van der Waals surface area contributed by atoms with Gasteiger partial charge in [0, 0.05) is 47.1 Å². The minimum atomic E-state index is -0.618. The highest BCUT2D eigenvalue weighted by molar-refractivity contribution is 5.92. The van der Waals surface area contributed by atoms with E-state index in [4.69, 9.17) is 10.5 Å². The molecule has 9 heteroatoms. The molecule has 5 rings (SSSR count). The molecule has 3 heterocycles. The first-order chi connectivity index (χ1) is 16.1. The summed E-state index contributed by atoms with van der Waals surface area (Å²) in [7, 11) is 1.65. The molecule has 0 aliphatic heterocycles. The number of fused-ring (bicyclic) bond motifs is 2. The topological polar surface area (TPSA) is 134 Å². The van der Waals surface area contributed by atoms with Gasteiger partial charge in [0.2, 0.25) is 5.95 Å². The molecule has 0 saturated heterocycles. The van der Waals surface area contributed by atoms with Crippen molar-refractivity contribution in [1.29, 1.82) is 0 Å². The van der Waals surface area contributed by atoms with Gasteiger partial charge in [0.25, 0.3) is 5.91 Å². The number of carbonyl (C=O) groups excluding carboxylic acids is 1. The third-order valence-electron chi connectivity index (χ3n) is 5.46. The molecule has 5 aromatic rings. The van der Waals surface area contributed by atoms with E-state index in [1.165, 1.54) is 0 Å². The van der Waals surface area contributed by atoms with Crippen LogP contribution < -0.4 is 21.1 Å². The molecular weight excluding hydrogens is 418 g/mol. The van der Waals surface area contributed by atoms with E-state index in [0.29, 0.717) is 18.3 Å². The van der Waals surface area contributed by atoms with Crippen LogP contribution in [0.15, 0.2) is 60.9 Å². The minimum absolute atomic E-state index is 0.132. The average molecular weight is 441 g/mol. The Balaban J connectivity index is 1.33. The highest BCUT2D eigenvalue weighted by Gasteiger charge is 2.11. The van der Waals surface area contributed by atoms with Gasteiger partial charge in [0.1, 0.15) is 17.3 Å². The number of methoxy groups -OCH3 is 1. The second-order valence-corrected chi connectivity index (χ2v) is 7.63. The number of rotatable bonds is 8. The summed E-state index contributed by atoms with van der Waals surface area (Å²) >= 11 is 0. The summed E-state index contributed by atoms with van der Waals surface area (Å²) in [6.07, 6.45) is 4.59. The maximum atomic E-state index is 11.8. The first kappa shape index (κ1) is 20.4. The fraction of sp³-hybridized carbons (Fsp3) is 0.125. The van der Waals surface area contributed by atoms with Crippen molar-refractivity contribution in [3.63, 3.8) is 0 Å². The SMILES string of the molecule is COc1ccc2[nH]cc(CCNc3nc(Nc4ccc5cc[nH]c5c4)cc(C(N)=O)n3)c2c1. The monoisotopic (exact) mass is 441 g/mol. The Kier molecular flexibility index (Phi) is 5.27. The van der Waals surface area contributed by atoms with Gasteiger partial charge in [-0.15, -0.1) is 0 Å². The van der Waals surface area contributed by atoms with Gasteiger partial charge in [0.15, 0.2) is 0 Å². The second kappa shape index (κ2) is 8.54. The van der Waals surface area contributed by atoms with Crippen molar-refractivity contribution in [2.75, 3.05) is 24.3 Å². The molecule has 0 unspecified atom stereocenters. The van der Waals surface area contributed by atoms with Crippen molar-refractivity contribution in [3.8, 4) is 5.75 Å². The van der Waals surface area contributed by atoms with Gasteiger partial charge in [-0.25, -0.2) is 4.98 Å². The normalized spacial score (nSPS) is 11.1. The summed E-state index contributed by atoms with van der Waals surface area (Å²) in [5.41, 5.74) is 9.64. The Morgan fingerprint density at radius 2 is 1.97 bits per heavy atom. The molecule has 0 atom stereocenters. The summed E-state index contributed by atoms with van der Waals surface area (Å²) in [5.74, 6) is 0.991. The minimum Gasteiger partial charge on any atom is -0.497 e. The zero-order valence-corrected chi connectivity index (χ0v) is 18.0. The Labute approximate surface area is 189 Å². The fourth-order valence-corrected chi connectivity index (χ4v) is 3.79. The molecule has 0 radical (unpaired) electrons. The quantitative estimate of drug-likeness (QED) is 0.248. The zero-order valence-electron chi connectivity index (χ0n) is 18.0. The van der Waals surface area contributed by atoms with Gasteiger partial charge in [0.05, 0.1) is 7.11 Å². The molecule has 9 nitrogen and oxygen atoms in total. The molecule has 1 amide bonds. The molecular formula is C24H23N7O2. The van der Waals surface area contributed by atoms with Gasteiger partial charge in [-0.3, -0.25) is 4.79 Å². The fourth-order valence-electron chi connectivity index (χ4n) is 3.79. The van der Waals surface area contributed by atoms with Gasteiger partial charge in [-0.05, 0) is 53.8 Å². The lowest BCUT2D eigenvalue weighted by Crippen LogP contribution is -2.17. The largest absolute Gasteiger partial charge is 0.497 e. The standard InChI is InChI=1S/C24H23N7O2/c1-33-17-4-5-19-18(11-17)15(13-28-19)7-9-27-24-30-21(23(25)32)12-22(31-24)29-16-3-2-14-6-8-26-20(14)10-16/h2-6,8,10-13,26,28H,7,9H2,1H3,(H2,25,32)(H2,27,29,30,31). The van der Waals surface area contributed by atoms with E-state index < -0.39 is 5.91 Å². The lowest BCUT2D eigenvalue weighted by molar-refractivity contribution is 0.0995. The smallest absolute Gasteiger partial charge is 0.267 e. The van der Waals surface area contributed by atoms with Crippen LogP contribution in [0.5, 0.6) is 5.75 Å². The maximum absolute atomic E-state index is 11.8. The Morgan fingerprint density at radius 3 is 2.82 bits per heavy atom. The number of ether oxygens (including phenoxy) is 1. The molecule has 3 aromatic heterocycles. The molecule has 6 N–H and O–H groups in total. The number of H-pyrrole nitrogens is 2. The number of primary amides is 1. The predicted octanol–water partition coefficient (Wildman–Crippen LogP) is 3.94. The number of hydrogen-bond acceptors (Lipinski definition) is 6. The summed E-state index contributed by atoms with van der Waals surface area (Å²) in [6, 6.07) is 15.4. The lowest BCUT2D eigenvalue weighted by Gasteiger charge is -2.10. The third-order valence-corrected chi connectivity index (χ3v) is 5.46. The number of anilines is 3. The average Bonchev–Trinajstić information content (AvgIpc) is 3.45. The van der Waals surface area contributed by atoms with Crippen LogP contribution in [0.25, 0.3) is 21.8 Å². The number of hydrogen-bond donors (Lipinski definition) is 5. The highest BCUT2D eigenvalue weighted by Crippen LogP contribution is 2.24. The maximum Gasteiger partial charge on any atom is 0.267 e. The number of nitrogens with zero attached hydrogens (tertiary/aromatic N) is 2. The van der Waals surface area contributed by atoms with Crippen LogP contribution >= 0.6 is 0 Å². The van der Waals surface area contributed by atoms with E-state index in [-0.39, 0.29) is 5.69 Å². The molecule has 0 saturated carbocycles. The summed E-state index contributed by atoms with van der Waals surface area (Å²) in [6.45, 7) is 0.570. The summed E-state index contributed by atoms with van der Waals surface area (Å²) in [4.78, 5) is 27.0. The van der Waals surface area contributed by atoms with E-state index in [2.05, 4.69) is 30.6 Å². The number of benzene rings is 2. The molecule has 0 bridgehead atoms. The van der Waals surface area contributed by atoms with Crippen molar-refractivity contribution >= 4 is 45.2 Å². The highest BCUT2D eigenvalue weighted by atomic mass is 16.5. The Hall–Kier alpha value is -4.53. The number of aromatic nitrogens is 4. The number of carbonyl (C=O) groups is 1. The Morgan fingerprint density at radius 1 is 1.06 bits per heavy atom. The molecule has 0 spiro atoms. The summed E-state index contributed by atoms with van der Waals surface area (Å²) < 4.78 is 5.33. The van der Waals surface area contributed by atoms with Crippen LogP contribution in [-0.2, 0) is 6.42 Å². The third kappa shape index (κ3) is 4.29. The van der Waals surface area contributed by atoms with Crippen molar-refractivity contribution in [1.82, 2.24) is 19.9 Å². The first-order valence-electron chi connectivity index (χ1n) is 10.5. The number of aromatic amines is 2. The first-order valence-corrected chi connectivity index (χ1v) is 10.5. The van der Waals surface area contributed by atoms with Crippen LogP contribution in [-0.4, -0.2) is 39.5 Å². The second-order valence-electron chi connectivity index (χ2n) is 7.63. The van der Waals surface area contributed by atoms with Crippen LogP contribution in [0, 0.1) is 0 Å².